The van der Waals surface area contributed by atoms with Crippen LogP contribution in [0, 0.1) is 17.8 Å². The summed E-state index contributed by atoms with van der Waals surface area (Å²) in [6, 6.07) is -0.428. The molecule has 1 saturated carbocycles. The van der Waals surface area contributed by atoms with E-state index in [0.29, 0.717) is 25.5 Å². The maximum absolute atomic E-state index is 13.2. The molecule has 0 bridgehead atoms. The number of hydrazine groups is 1. The van der Waals surface area contributed by atoms with E-state index in [9.17, 15) is 18.0 Å². The average molecular weight is 520 g/mol. The molecule has 10 nitrogen and oxygen atoms in total. The molecule has 3 aliphatic heterocycles. The van der Waals surface area contributed by atoms with E-state index < -0.39 is 18.3 Å². The number of aliphatic imine (C=N–C) groups is 1. The van der Waals surface area contributed by atoms with Gasteiger partial charge >= 0.3 is 6.18 Å². The van der Waals surface area contributed by atoms with Crippen molar-refractivity contribution in [3.63, 3.8) is 0 Å². The standard InChI is InChI=1S/C23H40F3N7O3/c1-14(13-35-2)28-22(29-20-17-5-4-16(23(24,25)26)11-18(17)31-32-20)30-21(34)15-3-6-19(27-12-15)33-7-9-36-10-8-33/h14-20,27,31-32H,3-13H2,1-2H3,(H2,28,29,30,34)/t14-,15?,16?,17?,18?,19?,20?/m0/s1. The number of rotatable bonds is 6. The molecule has 0 spiro atoms. The molecule has 0 aromatic rings. The Kier molecular flexibility index (Phi) is 9.45. The summed E-state index contributed by atoms with van der Waals surface area (Å²) in [6.07, 6.45) is -2.20. The summed E-state index contributed by atoms with van der Waals surface area (Å²) in [4.78, 5) is 20.2. The van der Waals surface area contributed by atoms with Gasteiger partial charge in [0, 0.05) is 44.7 Å². The summed E-state index contributed by atoms with van der Waals surface area (Å²) in [5, 5.41) is 9.65. The number of fused-ring (bicyclic) bond motifs is 1. The number of carbonyl (C=O) groups is 1. The second-order valence-electron chi connectivity index (χ2n) is 10.4. The molecule has 7 atom stereocenters. The average Bonchev–Trinajstić information content (AvgIpc) is 3.26. The zero-order valence-corrected chi connectivity index (χ0v) is 21.1. The highest BCUT2D eigenvalue weighted by atomic mass is 19.4. The molecule has 1 amide bonds. The quantitative estimate of drug-likeness (QED) is 0.255. The molecule has 0 aromatic carbocycles. The number of hydrogen-bond donors (Lipinski definition) is 5. The van der Waals surface area contributed by atoms with Crippen LogP contribution in [0.4, 0.5) is 13.2 Å². The smallest absolute Gasteiger partial charge is 0.383 e. The fraction of sp³-hybridized carbons (Fsp3) is 0.913. The van der Waals surface area contributed by atoms with Crippen LogP contribution < -0.4 is 26.8 Å². The lowest BCUT2D eigenvalue weighted by Crippen LogP contribution is -2.56. The van der Waals surface area contributed by atoms with Crippen LogP contribution in [0.2, 0.25) is 0 Å². The van der Waals surface area contributed by atoms with Gasteiger partial charge < -0.3 is 20.1 Å². The number of nitrogens with zero attached hydrogens (tertiary/aromatic N) is 2. The number of piperidine rings is 1. The van der Waals surface area contributed by atoms with Crippen molar-refractivity contribution in [2.75, 3.05) is 46.6 Å². The molecule has 1 aliphatic carbocycles. The Morgan fingerprint density at radius 3 is 2.64 bits per heavy atom. The summed E-state index contributed by atoms with van der Waals surface area (Å²) >= 11 is 0. The topological polar surface area (TPSA) is 111 Å². The van der Waals surface area contributed by atoms with Crippen molar-refractivity contribution in [1.82, 2.24) is 31.7 Å². The fourth-order valence-corrected chi connectivity index (χ4v) is 5.72. The summed E-state index contributed by atoms with van der Waals surface area (Å²) in [5.41, 5.74) is 6.05. The molecule has 4 fully saturated rings. The fourth-order valence-electron chi connectivity index (χ4n) is 5.72. The van der Waals surface area contributed by atoms with E-state index in [1.165, 1.54) is 0 Å². The van der Waals surface area contributed by atoms with Crippen molar-refractivity contribution in [1.29, 1.82) is 0 Å². The normalized spacial score (nSPS) is 35.2. The Bertz CT molecular complexity index is 758. The Hall–Kier alpha value is -1.51. The van der Waals surface area contributed by atoms with Gasteiger partial charge in [-0.3, -0.25) is 20.4 Å². The highest BCUT2D eigenvalue weighted by Crippen LogP contribution is 2.42. The third kappa shape index (κ3) is 7.07. The number of guanidine groups is 1. The first-order valence-electron chi connectivity index (χ1n) is 13.0. The lowest BCUT2D eigenvalue weighted by molar-refractivity contribution is -0.185. The molecular formula is C23H40F3N7O3. The maximum Gasteiger partial charge on any atom is 0.391 e. The van der Waals surface area contributed by atoms with Gasteiger partial charge in [-0.25, -0.2) is 10.4 Å². The molecule has 36 heavy (non-hydrogen) atoms. The van der Waals surface area contributed by atoms with Crippen LogP contribution in [-0.4, -0.2) is 93.9 Å². The van der Waals surface area contributed by atoms with Crippen LogP contribution in [0.3, 0.4) is 0 Å². The molecule has 3 heterocycles. The van der Waals surface area contributed by atoms with Gasteiger partial charge in [-0.1, -0.05) is 0 Å². The second-order valence-corrected chi connectivity index (χ2v) is 10.4. The minimum Gasteiger partial charge on any atom is -0.383 e. The molecule has 206 valence electrons. The van der Waals surface area contributed by atoms with Gasteiger partial charge in [0.25, 0.3) is 0 Å². The number of alkyl halides is 3. The van der Waals surface area contributed by atoms with E-state index in [1.54, 1.807) is 7.11 Å². The minimum absolute atomic E-state index is 0.0282. The van der Waals surface area contributed by atoms with Crippen LogP contribution in [0.25, 0.3) is 0 Å². The maximum atomic E-state index is 13.2. The van der Waals surface area contributed by atoms with E-state index in [4.69, 9.17) is 14.5 Å². The van der Waals surface area contributed by atoms with E-state index in [0.717, 1.165) is 39.1 Å². The van der Waals surface area contributed by atoms with Crippen LogP contribution in [-0.2, 0) is 14.3 Å². The number of halogens is 3. The number of morpholine rings is 1. The van der Waals surface area contributed by atoms with Gasteiger partial charge in [0.1, 0.15) is 6.17 Å². The van der Waals surface area contributed by atoms with Gasteiger partial charge in [-0.15, -0.1) is 0 Å². The van der Waals surface area contributed by atoms with Crippen molar-refractivity contribution >= 4 is 11.9 Å². The highest BCUT2D eigenvalue weighted by molar-refractivity contribution is 5.98. The number of amides is 1. The Balaban J connectivity index is 1.36. The van der Waals surface area contributed by atoms with Crippen molar-refractivity contribution in [3.8, 4) is 0 Å². The van der Waals surface area contributed by atoms with Crippen molar-refractivity contribution < 1.29 is 27.4 Å². The predicted octanol–water partition coefficient (Wildman–Crippen LogP) is 0.522. The molecule has 6 unspecified atom stereocenters. The zero-order valence-electron chi connectivity index (χ0n) is 21.1. The van der Waals surface area contributed by atoms with Gasteiger partial charge in [-0.05, 0) is 39.0 Å². The lowest BCUT2D eigenvalue weighted by Gasteiger charge is -2.39. The summed E-state index contributed by atoms with van der Waals surface area (Å²) in [5.74, 6) is -1.38. The number of nitrogens with one attached hydrogen (secondary N) is 5. The largest absolute Gasteiger partial charge is 0.391 e. The van der Waals surface area contributed by atoms with Gasteiger partial charge in [-0.2, -0.15) is 13.2 Å². The first-order valence-corrected chi connectivity index (χ1v) is 13.0. The summed E-state index contributed by atoms with van der Waals surface area (Å²) in [7, 11) is 1.60. The minimum atomic E-state index is -4.18. The van der Waals surface area contributed by atoms with Gasteiger partial charge in [0.2, 0.25) is 5.91 Å². The van der Waals surface area contributed by atoms with Gasteiger partial charge in [0.15, 0.2) is 5.96 Å². The molecule has 0 aromatic heterocycles. The Morgan fingerprint density at radius 2 is 1.97 bits per heavy atom. The van der Waals surface area contributed by atoms with Crippen molar-refractivity contribution in [2.24, 2.45) is 22.7 Å². The summed E-state index contributed by atoms with van der Waals surface area (Å²) in [6.45, 7) is 6.14. The lowest BCUT2D eigenvalue weighted by atomic mass is 9.78. The molecule has 3 saturated heterocycles. The van der Waals surface area contributed by atoms with Crippen LogP contribution in [0.5, 0.6) is 0 Å². The summed E-state index contributed by atoms with van der Waals surface area (Å²) < 4.78 is 50.3. The molecular weight excluding hydrogens is 479 g/mol. The molecule has 0 radical (unpaired) electrons. The van der Waals surface area contributed by atoms with Crippen LogP contribution >= 0.6 is 0 Å². The monoisotopic (exact) mass is 519 g/mol. The van der Waals surface area contributed by atoms with E-state index >= 15 is 0 Å². The van der Waals surface area contributed by atoms with Crippen molar-refractivity contribution in [3.05, 3.63) is 0 Å². The molecule has 4 aliphatic rings. The van der Waals surface area contributed by atoms with Crippen molar-refractivity contribution in [2.45, 2.75) is 69.6 Å². The number of methoxy groups -OCH3 is 1. The zero-order chi connectivity index (χ0) is 25.7. The Morgan fingerprint density at radius 1 is 1.19 bits per heavy atom. The van der Waals surface area contributed by atoms with E-state index in [2.05, 4.69) is 31.7 Å². The number of hydrogen-bond acceptors (Lipinski definition) is 8. The third-order valence-electron chi connectivity index (χ3n) is 7.74. The Labute approximate surface area is 210 Å². The first-order chi connectivity index (χ1) is 17.2. The molecule has 13 heteroatoms. The highest BCUT2D eigenvalue weighted by Gasteiger charge is 2.48. The van der Waals surface area contributed by atoms with Crippen LogP contribution in [0.15, 0.2) is 4.99 Å². The molecule has 5 N–H and O–H groups in total. The first kappa shape index (κ1) is 27.5. The molecule has 4 rings (SSSR count). The van der Waals surface area contributed by atoms with E-state index in [-0.39, 0.29) is 48.8 Å². The SMILES string of the molecule is COC[C@H](C)N/C(=N\C1NNC2CC(C(F)(F)F)CCC21)NC(=O)C1CCC(N2CCOCC2)NC1. The van der Waals surface area contributed by atoms with Crippen LogP contribution in [0.1, 0.15) is 39.0 Å². The van der Waals surface area contributed by atoms with E-state index in [1.807, 2.05) is 6.92 Å². The second kappa shape index (κ2) is 12.4. The third-order valence-corrected chi connectivity index (χ3v) is 7.74. The number of carbonyl (C=O) groups excluding carboxylic acids is 1. The predicted molar refractivity (Wildman–Crippen MR) is 128 cm³/mol. The van der Waals surface area contributed by atoms with Gasteiger partial charge in [0.05, 0.1) is 37.8 Å². The number of ether oxygens (including phenoxy) is 2.